The van der Waals surface area contributed by atoms with Crippen molar-refractivity contribution >= 4 is 15.9 Å². The molecular weight excluding hydrogens is 366 g/mol. The molecule has 2 aromatic rings. The number of nitrogens with one attached hydrogen (secondary N) is 1. The van der Waals surface area contributed by atoms with Gasteiger partial charge in [-0.1, -0.05) is 6.07 Å². The van der Waals surface area contributed by atoms with E-state index in [1.807, 2.05) is 12.1 Å². The van der Waals surface area contributed by atoms with Gasteiger partial charge in [0, 0.05) is 31.5 Å². The fraction of sp³-hybridized carbons (Fsp3) is 0.368. The maximum atomic E-state index is 13.2. The van der Waals surface area contributed by atoms with Gasteiger partial charge in [-0.05, 0) is 49.1 Å². The minimum Gasteiger partial charge on any atom is -0.497 e. The van der Waals surface area contributed by atoms with Crippen LogP contribution in [0.3, 0.4) is 0 Å². The van der Waals surface area contributed by atoms with E-state index in [-0.39, 0.29) is 10.8 Å². The van der Waals surface area contributed by atoms with Crippen molar-refractivity contribution in [2.75, 3.05) is 13.7 Å². The van der Waals surface area contributed by atoms with Crippen LogP contribution in [-0.4, -0.2) is 43.3 Å². The molecule has 2 heterocycles. The van der Waals surface area contributed by atoms with Crippen molar-refractivity contribution in [2.45, 2.75) is 37.2 Å². The second-order valence-electron chi connectivity index (χ2n) is 6.48. The van der Waals surface area contributed by atoms with E-state index in [0.29, 0.717) is 37.2 Å². The third-order valence-corrected chi connectivity index (χ3v) is 6.75. The lowest BCUT2D eigenvalue weighted by Crippen LogP contribution is -2.45. The number of aryl methyl sites for hydroxylation is 1. The van der Waals surface area contributed by atoms with Crippen molar-refractivity contribution in [3.63, 3.8) is 0 Å². The van der Waals surface area contributed by atoms with Gasteiger partial charge in [-0.25, -0.2) is 8.42 Å². The molecule has 1 saturated heterocycles. The van der Waals surface area contributed by atoms with Gasteiger partial charge in [-0.2, -0.15) is 4.31 Å². The number of carbonyl (C=O) groups excluding carboxylic acids is 1. The first-order chi connectivity index (χ1) is 12.9. The normalized spacial score (nSPS) is 17.6. The number of hydrogen-bond acceptors (Lipinski definition) is 5. The summed E-state index contributed by atoms with van der Waals surface area (Å²) in [7, 11) is -2.30. The minimum atomic E-state index is -3.80. The maximum absolute atomic E-state index is 13.2. The number of amides is 1. The van der Waals surface area contributed by atoms with Crippen molar-refractivity contribution < 1.29 is 17.9 Å². The van der Waals surface area contributed by atoms with Crippen molar-refractivity contribution in [3.05, 3.63) is 53.9 Å². The fourth-order valence-corrected chi connectivity index (χ4v) is 5.11. The molecule has 1 amide bonds. The third-order valence-electron chi connectivity index (χ3n) is 4.70. The molecule has 1 aliphatic heterocycles. The van der Waals surface area contributed by atoms with Crippen LogP contribution in [-0.2, 0) is 21.4 Å². The largest absolute Gasteiger partial charge is 0.497 e. The third kappa shape index (κ3) is 4.12. The van der Waals surface area contributed by atoms with Crippen LogP contribution in [0.4, 0.5) is 0 Å². The number of carbonyl (C=O) groups is 1. The van der Waals surface area contributed by atoms with Gasteiger partial charge in [0.05, 0.1) is 12.0 Å². The van der Waals surface area contributed by atoms with Gasteiger partial charge in [0.2, 0.25) is 15.9 Å². The number of sulfonamides is 1. The number of pyridine rings is 1. The maximum Gasteiger partial charge on any atom is 0.244 e. The fourth-order valence-electron chi connectivity index (χ4n) is 3.21. The molecule has 1 aliphatic rings. The summed E-state index contributed by atoms with van der Waals surface area (Å²) in [6, 6.07) is 7.85. The quantitative estimate of drug-likeness (QED) is 0.815. The molecule has 0 radical (unpaired) electrons. The first kappa shape index (κ1) is 19.3. The molecule has 3 rings (SSSR count). The van der Waals surface area contributed by atoms with Crippen LogP contribution in [0.1, 0.15) is 24.0 Å². The van der Waals surface area contributed by atoms with Gasteiger partial charge in [0.1, 0.15) is 11.8 Å². The average Bonchev–Trinajstić information content (AvgIpc) is 3.18. The van der Waals surface area contributed by atoms with E-state index in [2.05, 4.69) is 10.3 Å². The van der Waals surface area contributed by atoms with E-state index in [4.69, 9.17) is 4.74 Å². The Hall–Kier alpha value is -2.45. The predicted octanol–water partition coefficient (Wildman–Crippen LogP) is 1.87. The summed E-state index contributed by atoms with van der Waals surface area (Å²) in [5.41, 5.74) is 1.54. The highest BCUT2D eigenvalue weighted by Crippen LogP contribution is 2.30. The zero-order valence-electron chi connectivity index (χ0n) is 15.4. The van der Waals surface area contributed by atoms with Crippen molar-refractivity contribution in [1.29, 1.82) is 0 Å². The highest BCUT2D eigenvalue weighted by molar-refractivity contribution is 7.89. The highest BCUT2D eigenvalue weighted by atomic mass is 32.2. The molecule has 1 N–H and O–H groups in total. The van der Waals surface area contributed by atoms with Crippen molar-refractivity contribution in [2.24, 2.45) is 0 Å². The number of hydrogen-bond donors (Lipinski definition) is 1. The van der Waals surface area contributed by atoms with Crippen LogP contribution >= 0.6 is 0 Å². The Kier molecular flexibility index (Phi) is 5.76. The Balaban J connectivity index is 1.79. The second kappa shape index (κ2) is 8.06. The molecule has 1 atom stereocenters. The summed E-state index contributed by atoms with van der Waals surface area (Å²) in [4.78, 5) is 16.8. The van der Waals surface area contributed by atoms with Crippen molar-refractivity contribution in [3.8, 4) is 5.75 Å². The average molecular weight is 389 g/mol. The van der Waals surface area contributed by atoms with Gasteiger partial charge >= 0.3 is 0 Å². The molecule has 1 unspecified atom stereocenters. The van der Waals surface area contributed by atoms with Gasteiger partial charge in [0.15, 0.2) is 0 Å². The van der Waals surface area contributed by atoms with Gasteiger partial charge in [0.25, 0.3) is 0 Å². The Morgan fingerprint density at radius 3 is 2.74 bits per heavy atom. The summed E-state index contributed by atoms with van der Waals surface area (Å²) >= 11 is 0. The number of rotatable bonds is 6. The lowest BCUT2D eigenvalue weighted by atomic mass is 10.2. The van der Waals surface area contributed by atoms with Crippen LogP contribution in [0.5, 0.6) is 5.75 Å². The molecule has 0 bridgehead atoms. The van der Waals surface area contributed by atoms with Crippen LogP contribution < -0.4 is 10.1 Å². The topological polar surface area (TPSA) is 88.6 Å². The number of ether oxygens (including phenoxy) is 1. The first-order valence-corrected chi connectivity index (χ1v) is 10.2. The molecule has 8 heteroatoms. The zero-order chi connectivity index (χ0) is 19.4. The Bertz CT molecular complexity index is 916. The summed E-state index contributed by atoms with van der Waals surface area (Å²) in [5, 5.41) is 2.83. The Morgan fingerprint density at radius 2 is 2.04 bits per heavy atom. The van der Waals surface area contributed by atoms with Crippen LogP contribution in [0.25, 0.3) is 0 Å². The van der Waals surface area contributed by atoms with E-state index >= 15 is 0 Å². The van der Waals surface area contributed by atoms with Gasteiger partial charge in [-0.3, -0.25) is 9.78 Å². The molecule has 1 fully saturated rings. The standard InChI is InChI=1S/C19H23N3O4S/c1-14-5-6-16(26-2)12-18(14)27(24,25)22-11-3-4-17(22)19(23)21-13-15-7-9-20-10-8-15/h5-10,12,17H,3-4,11,13H2,1-2H3,(H,21,23). The van der Waals surface area contributed by atoms with Crippen LogP contribution in [0, 0.1) is 6.92 Å². The van der Waals surface area contributed by atoms with E-state index in [1.54, 1.807) is 31.5 Å². The van der Waals surface area contributed by atoms with Crippen LogP contribution in [0.2, 0.25) is 0 Å². The monoisotopic (exact) mass is 389 g/mol. The smallest absolute Gasteiger partial charge is 0.244 e. The number of methoxy groups -OCH3 is 1. The Labute approximate surface area is 159 Å². The summed E-state index contributed by atoms with van der Waals surface area (Å²) < 4.78 is 32.9. The predicted molar refractivity (Wildman–Crippen MR) is 101 cm³/mol. The molecule has 0 aliphatic carbocycles. The summed E-state index contributed by atoms with van der Waals surface area (Å²) in [6.07, 6.45) is 4.46. The Morgan fingerprint density at radius 1 is 1.30 bits per heavy atom. The molecular formula is C19H23N3O4S. The number of benzene rings is 1. The number of aromatic nitrogens is 1. The molecule has 0 spiro atoms. The van der Waals surface area contributed by atoms with E-state index in [1.165, 1.54) is 17.5 Å². The highest BCUT2D eigenvalue weighted by Gasteiger charge is 2.40. The molecule has 27 heavy (non-hydrogen) atoms. The number of nitrogens with zero attached hydrogens (tertiary/aromatic N) is 2. The molecule has 7 nitrogen and oxygen atoms in total. The van der Waals surface area contributed by atoms with Crippen LogP contribution in [0.15, 0.2) is 47.6 Å². The summed E-state index contributed by atoms with van der Waals surface area (Å²) in [5.74, 6) is 0.186. The summed E-state index contributed by atoms with van der Waals surface area (Å²) in [6.45, 7) is 2.40. The zero-order valence-corrected chi connectivity index (χ0v) is 16.2. The van der Waals surface area contributed by atoms with E-state index in [0.717, 1.165) is 5.56 Å². The minimum absolute atomic E-state index is 0.177. The van der Waals surface area contributed by atoms with Gasteiger partial charge < -0.3 is 10.1 Å². The second-order valence-corrected chi connectivity index (χ2v) is 8.34. The molecule has 0 saturated carbocycles. The molecule has 144 valence electrons. The SMILES string of the molecule is COc1ccc(C)c(S(=O)(=O)N2CCCC2C(=O)NCc2ccncc2)c1. The van der Waals surface area contributed by atoms with E-state index in [9.17, 15) is 13.2 Å². The lowest BCUT2D eigenvalue weighted by molar-refractivity contribution is -0.124. The van der Waals surface area contributed by atoms with E-state index < -0.39 is 16.1 Å². The molecule has 1 aromatic heterocycles. The first-order valence-electron chi connectivity index (χ1n) is 8.76. The lowest BCUT2D eigenvalue weighted by Gasteiger charge is -2.24. The van der Waals surface area contributed by atoms with Crippen molar-refractivity contribution in [1.82, 2.24) is 14.6 Å². The van der Waals surface area contributed by atoms with Gasteiger partial charge in [-0.15, -0.1) is 0 Å². The molecule has 1 aromatic carbocycles.